The quantitative estimate of drug-likeness (QED) is 0.509. The molecule has 0 saturated carbocycles. The van der Waals surface area contributed by atoms with E-state index >= 15 is 0 Å². The van der Waals surface area contributed by atoms with E-state index in [0.717, 1.165) is 16.9 Å². The third-order valence-corrected chi connectivity index (χ3v) is 5.15. The first kappa shape index (κ1) is 18.4. The first-order valence-electron chi connectivity index (χ1n) is 9.12. The molecule has 0 amide bonds. The number of hydrogen-bond acceptors (Lipinski definition) is 6. The molecule has 0 N–H and O–H groups in total. The number of nitriles is 1. The number of anilines is 2. The van der Waals surface area contributed by atoms with Gasteiger partial charge in [-0.25, -0.2) is 4.98 Å². The van der Waals surface area contributed by atoms with E-state index in [4.69, 9.17) is 0 Å². The molecule has 7 nitrogen and oxygen atoms in total. The zero-order chi connectivity index (χ0) is 20.7. The van der Waals surface area contributed by atoms with E-state index in [2.05, 4.69) is 4.98 Å². The van der Waals surface area contributed by atoms with Gasteiger partial charge < -0.3 is 9.80 Å². The number of carbonyl (C=O) groups is 1. The van der Waals surface area contributed by atoms with Crippen molar-refractivity contribution >= 4 is 28.1 Å². The number of ketones is 1. The molecule has 7 heteroatoms. The van der Waals surface area contributed by atoms with Crippen LogP contribution in [0.2, 0.25) is 0 Å². The van der Waals surface area contributed by atoms with Crippen molar-refractivity contribution in [1.29, 1.82) is 5.26 Å². The summed E-state index contributed by atoms with van der Waals surface area (Å²) in [6, 6.07) is 15.1. The van der Waals surface area contributed by atoms with Crippen LogP contribution < -0.4 is 15.4 Å². The highest BCUT2D eigenvalue weighted by molar-refractivity contribution is 6.02. The van der Waals surface area contributed by atoms with Gasteiger partial charge in [0.05, 0.1) is 35.1 Å². The van der Waals surface area contributed by atoms with Gasteiger partial charge in [-0.15, -0.1) is 0 Å². The van der Waals surface area contributed by atoms with Crippen LogP contribution in [0.1, 0.15) is 5.56 Å². The lowest BCUT2D eigenvalue weighted by Gasteiger charge is -2.20. The van der Waals surface area contributed by atoms with Crippen LogP contribution in [-0.2, 0) is 11.3 Å². The van der Waals surface area contributed by atoms with Crippen LogP contribution in [0.4, 0.5) is 11.4 Å². The first-order valence-corrected chi connectivity index (χ1v) is 9.12. The Hall–Kier alpha value is -3.92. The summed E-state index contributed by atoms with van der Waals surface area (Å²) >= 11 is 0. The normalized spacial score (nSPS) is 12.8. The standard InChI is InChI=1S/C22H19N5O2/c1-14-8-9-17-15(10-14)22(29)27(13-24-17)12-20(28)16(11-23)21-25(2)18-6-4-5-7-19(18)26(21)3/h4-10,13H,12H2,1-3H3. The van der Waals surface area contributed by atoms with E-state index in [1.807, 2.05) is 67.2 Å². The molecule has 0 fully saturated rings. The van der Waals surface area contributed by atoms with Crippen molar-refractivity contribution < 1.29 is 4.79 Å². The van der Waals surface area contributed by atoms with Crippen molar-refractivity contribution in [2.75, 3.05) is 23.9 Å². The van der Waals surface area contributed by atoms with Crippen molar-refractivity contribution in [2.45, 2.75) is 13.5 Å². The van der Waals surface area contributed by atoms with Crippen molar-refractivity contribution in [3.8, 4) is 6.07 Å². The Kier molecular flexibility index (Phi) is 4.40. The second-order valence-electron chi connectivity index (χ2n) is 7.04. The Bertz CT molecular complexity index is 1250. The van der Waals surface area contributed by atoms with Gasteiger partial charge in [0, 0.05) is 14.1 Å². The minimum absolute atomic E-state index is 0.00226. The molecule has 4 rings (SSSR count). The fourth-order valence-electron chi connectivity index (χ4n) is 3.68. The first-order chi connectivity index (χ1) is 13.9. The Morgan fingerprint density at radius 3 is 2.38 bits per heavy atom. The Labute approximate surface area is 167 Å². The number of aryl methyl sites for hydroxylation is 1. The monoisotopic (exact) mass is 385 g/mol. The third kappa shape index (κ3) is 2.95. The zero-order valence-corrected chi connectivity index (χ0v) is 16.4. The number of aromatic nitrogens is 2. The van der Waals surface area contributed by atoms with Crippen molar-refractivity contribution in [1.82, 2.24) is 9.55 Å². The highest BCUT2D eigenvalue weighted by Gasteiger charge is 2.31. The Morgan fingerprint density at radius 2 is 1.76 bits per heavy atom. The molecule has 0 bridgehead atoms. The molecule has 0 spiro atoms. The summed E-state index contributed by atoms with van der Waals surface area (Å²) in [7, 11) is 3.63. The zero-order valence-electron chi connectivity index (χ0n) is 16.4. The van der Waals surface area contributed by atoms with Gasteiger partial charge in [0.25, 0.3) is 5.56 Å². The molecule has 0 aliphatic carbocycles. The maximum absolute atomic E-state index is 13.0. The van der Waals surface area contributed by atoms with E-state index < -0.39 is 5.78 Å². The summed E-state index contributed by atoms with van der Waals surface area (Å²) in [6.45, 7) is 1.64. The SMILES string of the molecule is Cc1ccc2ncn(CC(=O)C(C#N)=C3N(C)c4ccccc4N3C)c(=O)c2c1. The van der Waals surface area contributed by atoms with Crippen molar-refractivity contribution in [3.63, 3.8) is 0 Å². The molecule has 2 aromatic carbocycles. The number of carbonyl (C=O) groups excluding carboxylic acids is 1. The lowest BCUT2D eigenvalue weighted by Crippen LogP contribution is -2.30. The number of hydrogen-bond donors (Lipinski definition) is 0. The summed E-state index contributed by atoms with van der Waals surface area (Å²) in [6.07, 6.45) is 1.36. The molecule has 1 aromatic heterocycles. The van der Waals surface area contributed by atoms with E-state index in [1.165, 1.54) is 10.9 Å². The average molecular weight is 385 g/mol. The smallest absolute Gasteiger partial charge is 0.261 e. The molecule has 0 atom stereocenters. The van der Waals surface area contributed by atoms with Crippen LogP contribution in [0, 0.1) is 18.3 Å². The van der Waals surface area contributed by atoms with Crippen LogP contribution in [0.25, 0.3) is 10.9 Å². The average Bonchev–Trinajstić information content (AvgIpc) is 2.97. The minimum Gasteiger partial charge on any atom is -0.328 e. The molecule has 0 unspecified atom stereocenters. The lowest BCUT2D eigenvalue weighted by atomic mass is 10.1. The largest absolute Gasteiger partial charge is 0.328 e. The van der Waals surface area contributed by atoms with Gasteiger partial charge in [-0.3, -0.25) is 14.2 Å². The Balaban J connectivity index is 1.74. The minimum atomic E-state index is -0.440. The van der Waals surface area contributed by atoms with Crippen LogP contribution in [0.5, 0.6) is 0 Å². The van der Waals surface area contributed by atoms with Gasteiger partial charge in [-0.1, -0.05) is 23.8 Å². The molecule has 29 heavy (non-hydrogen) atoms. The molecule has 144 valence electrons. The molecule has 2 heterocycles. The van der Waals surface area contributed by atoms with Gasteiger partial charge in [-0.2, -0.15) is 5.26 Å². The maximum atomic E-state index is 13.0. The van der Waals surface area contributed by atoms with Gasteiger partial charge >= 0.3 is 0 Å². The molecule has 3 aromatic rings. The van der Waals surface area contributed by atoms with E-state index in [1.54, 1.807) is 12.1 Å². The van der Waals surface area contributed by atoms with Crippen molar-refractivity contribution in [2.24, 2.45) is 0 Å². The summed E-state index contributed by atoms with van der Waals surface area (Å²) in [4.78, 5) is 33.7. The van der Waals surface area contributed by atoms with Gasteiger partial charge in [0.15, 0.2) is 5.78 Å². The second-order valence-corrected chi connectivity index (χ2v) is 7.04. The number of rotatable bonds is 3. The van der Waals surface area contributed by atoms with Crippen LogP contribution in [-0.4, -0.2) is 29.4 Å². The van der Waals surface area contributed by atoms with Gasteiger partial charge in [0.1, 0.15) is 17.5 Å². The van der Waals surface area contributed by atoms with E-state index in [9.17, 15) is 14.9 Å². The molecule has 1 aliphatic rings. The summed E-state index contributed by atoms with van der Waals surface area (Å²) in [5.41, 5.74) is 3.03. The van der Waals surface area contributed by atoms with Crippen LogP contribution >= 0.6 is 0 Å². The number of fused-ring (bicyclic) bond motifs is 2. The highest BCUT2D eigenvalue weighted by atomic mass is 16.1. The molecule has 0 saturated heterocycles. The van der Waals surface area contributed by atoms with Gasteiger partial charge in [0.2, 0.25) is 0 Å². The fourth-order valence-corrected chi connectivity index (χ4v) is 3.68. The predicted octanol–water partition coefficient (Wildman–Crippen LogP) is 2.60. The molecular formula is C22H19N5O2. The molecule has 0 radical (unpaired) electrons. The predicted molar refractivity (Wildman–Crippen MR) is 112 cm³/mol. The number of Topliss-reactive ketones (excluding diaryl/α,β-unsaturated/α-hetero) is 1. The third-order valence-electron chi connectivity index (χ3n) is 5.15. The van der Waals surface area contributed by atoms with Crippen LogP contribution in [0.15, 0.2) is 65.0 Å². The van der Waals surface area contributed by atoms with Crippen LogP contribution in [0.3, 0.4) is 0 Å². The summed E-state index contributed by atoms with van der Waals surface area (Å²) in [5.74, 6) is 0.0567. The van der Waals surface area contributed by atoms with E-state index in [0.29, 0.717) is 16.7 Å². The second kappa shape index (κ2) is 6.91. The highest BCUT2D eigenvalue weighted by Crippen LogP contribution is 2.40. The topological polar surface area (TPSA) is 82.2 Å². The fraction of sp³-hybridized carbons (Fsp3) is 0.182. The Morgan fingerprint density at radius 1 is 1.10 bits per heavy atom. The summed E-state index contributed by atoms with van der Waals surface area (Å²) in [5, 5.41) is 10.2. The number of benzene rings is 2. The number of nitrogens with zero attached hydrogens (tertiary/aromatic N) is 5. The number of allylic oxidation sites excluding steroid dienone is 1. The molecule has 1 aliphatic heterocycles. The van der Waals surface area contributed by atoms with Gasteiger partial charge in [-0.05, 0) is 31.2 Å². The number of para-hydroxylation sites is 2. The van der Waals surface area contributed by atoms with Crippen molar-refractivity contribution in [3.05, 3.63) is 76.1 Å². The van der Waals surface area contributed by atoms with E-state index in [-0.39, 0.29) is 17.7 Å². The lowest BCUT2D eigenvalue weighted by molar-refractivity contribution is -0.115. The maximum Gasteiger partial charge on any atom is 0.261 e. The summed E-state index contributed by atoms with van der Waals surface area (Å²) < 4.78 is 1.25. The molecular weight excluding hydrogens is 366 g/mol.